The first kappa shape index (κ1) is 20.7. The molecule has 0 fully saturated rings. The fraction of sp³-hybridized carbons (Fsp3) is 0.704. The monoisotopic (exact) mass is 366 g/mol. The van der Waals surface area contributed by atoms with E-state index in [1.165, 1.54) is 103 Å². The number of allylic oxidation sites excluding steroid dienone is 1. The Bertz CT molecular complexity index is 580. The lowest BCUT2D eigenvalue weighted by Gasteiger charge is -2.03. The van der Waals surface area contributed by atoms with Crippen LogP contribution in [0, 0.1) is 0 Å². The van der Waals surface area contributed by atoms with Gasteiger partial charge in [-0.1, -0.05) is 128 Å². The van der Waals surface area contributed by atoms with Crippen LogP contribution < -0.4 is 0 Å². The highest BCUT2D eigenvalue weighted by atomic mass is 14.4. The van der Waals surface area contributed by atoms with E-state index in [1.807, 2.05) is 0 Å². The molecule has 1 unspecified atom stereocenters. The molecule has 3 rings (SSSR count). The van der Waals surface area contributed by atoms with E-state index in [4.69, 9.17) is 0 Å². The van der Waals surface area contributed by atoms with Crippen LogP contribution in [0.1, 0.15) is 138 Å². The molecular weight excluding hydrogens is 324 g/mol. The molecule has 150 valence electrons. The van der Waals surface area contributed by atoms with E-state index in [9.17, 15) is 0 Å². The average Bonchev–Trinajstić information content (AvgIpc) is 3.17. The van der Waals surface area contributed by atoms with Gasteiger partial charge in [-0.3, -0.25) is 0 Å². The Kier molecular flexibility index (Phi) is 8.98. The lowest BCUT2D eigenvalue weighted by molar-refractivity contribution is 0.529. The molecule has 0 heteroatoms. The summed E-state index contributed by atoms with van der Waals surface area (Å²) in [6.45, 7) is 2.30. The zero-order chi connectivity index (χ0) is 18.7. The molecule has 27 heavy (non-hydrogen) atoms. The molecule has 0 nitrogen and oxygen atoms in total. The largest absolute Gasteiger partial charge is 0.0795 e. The Labute approximate surface area is 168 Å². The van der Waals surface area contributed by atoms with Crippen molar-refractivity contribution in [1.82, 2.24) is 0 Å². The third-order valence-corrected chi connectivity index (χ3v) is 6.77. The van der Waals surface area contributed by atoms with E-state index in [2.05, 4.69) is 31.2 Å². The average molecular weight is 367 g/mol. The first-order valence-corrected chi connectivity index (χ1v) is 12.2. The molecule has 0 N–H and O–H groups in total. The molecule has 2 aliphatic carbocycles. The minimum Gasteiger partial charge on any atom is -0.0795 e. The molecule has 1 atom stereocenters. The fourth-order valence-corrected chi connectivity index (χ4v) is 4.99. The molecule has 0 heterocycles. The van der Waals surface area contributed by atoms with E-state index in [0.717, 1.165) is 12.3 Å². The van der Waals surface area contributed by atoms with Gasteiger partial charge in [0.15, 0.2) is 0 Å². The van der Waals surface area contributed by atoms with Gasteiger partial charge < -0.3 is 0 Å². The zero-order valence-electron chi connectivity index (χ0n) is 17.9. The van der Waals surface area contributed by atoms with Crippen LogP contribution in [0.15, 0.2) is 18.2 Å². The predicted molar refractivity (Wildman–Crippen MR) is 121 cm³/mol. The fourth-order valence-electron chi connectivity index (χ4n) is 4.99. The highest BCUT2D eigenvalue weighted by molar-refractivity contribution is 5.73. The second-order valence-corrected chi connectivity index (χ2v) is 9.04. The van der Waals surface area contributed by atoms with Crippen LogP contribution in [0.25, 0.3) is 6.08 Å². The normalized spacial score (nSPS) is 16.6. The molecule has 0 saturated carbocycles. The summed E-state index contributed by atoms with van der Waals surface area (Å²) in [7, 11) is 0. The molecule has 0 aliphatic heterocycles. The predicted octanol–water partition coefficient (Wildman–Crippen LogP) is 8.96. The molecule has 2 aliphatic rings. The van der Waals surface area contributed by atoms with Gasteiger partial charge in [-0.25, -0.2) is 0 Å². The Balaban J connectivity index is 1.08. The summed E-state index contributed by atoms with van der Waals surface area (Å²) in [4.78, 5) is 0. The minimum absolute atomic E-state index is 0.818. The first-order valence-electron chi connectivity index (χ1n) is 12.2. The van der Waals surface area contributed by atoms with Crippen LogP contribution in [0.4, 0.5) is 0 Å². The molecule has 0 saturated heterocycles. The van der Waals surface area contributed by atoms with Gasteiger partial charge in [-0.2, -0.15) is 0 Å². The Hall–Kier alpha value is -1.04. The van der Waals surface area contributed by atoms with Crippen molar-refractivity contribution in [2.75, 3.05) is 0 Å². The van der Waals surface area contributed by atoms with Crippen LogP contribution in [-0.2, 0) is 6.42 Å². The maximum absolute atomic E-state index is 2.40. The SMILES string of the molecule is CCCCCCCCCCCCCCCCCC1c2ccc3c(c21)C=CC3. The first-order chi connectivity index (χ1) is 13.4. The number of hydrogen-bond donors (Lipinski definition) is 0. The Morgan fingerprint density at radius 1 is 0.704 bits per heavy atom. The molecule has 0 bridgehead atoms. The summed E-state index contributed by atoms with van der Waals surface area (Å²) < 4.78 is 0. The summed E-state index contributed by atoms with van der Waals surface area (Å²) in [5, 5.41) is 0. The van der Waals surface area contributed by atoms with Crippen LogP contribution in [0.2, 0.25) is 0 Å². The highest BCUT2D eigenvalue weighted by Crippen LogP contribution is 2.51. The van der Waals surface area contributed by atoms with Crippen molar-refractivity contribution in [3.63, 3.8) is 0 Å². The van der Waals surface area contributed by atoms with Crippen molar-refractivity contribution in [1.29, 1.82) is 0 Å². The standard InChI is InChI=1S/C27H42/c1-2-3-4-5-6-7-8-9-10-11-12-13-14-15-16-19-25-26-22-21-23-18-17-20-24(23)27(25)26/h17,20-22,25H,2-16,18-19H2,1H3. The summed E-state index contributed by atoms with van der Waals surface area (Å²) in [5.74, 6) is 0.818. The highest BCUT2D eigenvalue weighted by Gasteiger charge is 2.35. The maximum Gasteiger partial charge on any atom is 0.0101 e. The van der Waals surface area contributed by atoms with Gasteiger partial charge in [0, 0.05) is 5.92 Å². The van der Waals surface area contributed by atoms with E-state index in [1.54, 1.807) is 22.3 Å². The van der Waals surface area contributed by atoms with Crippen molar-refractivity contribution in [3.8, 4) is 0 Å². The second-order valence-electron chi connectivity index (χ2n) is 9.04. The van der Waals surface area contributed by atoms with Gasteiger partial charge in [0.2, 0.25) is 0 Å². The number of rotatable bonds is 16. The van der Waals surface area contributed by atoms with E-state index in [0.29, 0.717) is 0 Å². The van der Waals surface area contributed by atoms with Gasteiger partial charge in [0.25, 0.3) is 0 Å². The quantitative estimate of drug-likeness (QED) is 0.256. The number of benzene rings is 1. The third-order valence-electron chi connectivity index (χ3n) is 6.77. The molecular formula is C27H42. The topological polar surface area (TPSA) is 0 Å². The van der Waals surface area contributed by atoms with Gasteiger partial charge >= 0.3 is 0 Å². The van der Waals surface area contributed by atoms with E-state index >= 15 is 0 Å². The van der Waals surface area contributed by atoms with Crippen molar-refractivity contribution >= 4 is 6.08 Å². The van der Waals surface area contributed by atoms with Gasteiger partial charge in [-0.05, 0) is 35.1 Å². The van der Waals surface area contributed by atoms with Crippen molar-refractivity contribution in [3.05, 3.63) is 40.5 Å². The molecule has 1 aromatic carbocycles. The number of fused-ring (bicyclic) bond motifs is 3. The zero-order valence-corrected chi connectivity index (χ0v) is 17.9. The molecule has 0 amide bonds. The molecule has 1 aromatic rings. The van der Waals surface area contributed by atoms with Gasteiger partial charge in [0.1, 0.15) is 0 Å². The van der Waals surface area contributed by atoms with Crippen molar-refractivity contribution in [2.45, 2.75) is 122 Å². The smallest absolute Gasteiger partial charge is 0.0101 e. The van der Waals surface area contributed by atoms with Crippen molar-refractivity contribution < 1.29 is 0 Å². The summed E-state index contributed by atoms with van der Waals surface area (Å²) >= 11 is 0. The number of unbranched alkanes of at least 4 members (excludes halogenated alkanes) is 14. The molecule has 0 radical (unpaired) electrons. The van der Waals surface area contributed by atoms with E-state index in [-0.39, 0.29) is 0 Å². The molecule has 0 aromatic heterocycles. The van der Waals surface area contributed by atoms with Crippen molar-refractivity contribution in [2.24, 2.45) is 0 Å². The maximum atomic E-state index is 2.40. The summed E-state index contributed by atoms with van der Waals surface area (Å²) in [5.41, 5.74) is 6.50. The second kappa shape index (κ2) is 11.7. The van der Waals surface area contributed by atoms with Gasteiger partial charge in [0.05, 0.1) is 0 Å². The van der Waals surface area contributed by atoms with Gasteiger partial charge in [-0.15, -0.1) is 0 Å². The van der Waals surface area contributed by atoms with Crippen LogP contribution in [0.3, 0.4) is 0 Å². The lowest BCUT2D eigenvalue weighted by atomic mass is 10.0. The van der Waals surface area contributed by atoms with Crippen LogP contribution in [-0.4, -0.2) is 0 Å². The third kappa shape index (κ3) is 6.51. The minimum atomic E-state index is 0.818. The lowest BCUT2D eigenvalue weighted by Crippen LogP contribution is -1.84. The molecule has 0 spiro atoms. The Morgan fingerprint density at radius 2 is 1.26 bits per heavy atom. The van der Waals surface area contributed by atoms with E-state index < -0.39 is 0 Å². The summed E-state index contributed by atoms with van der Waals surface area (Å²) in [6.07, 6.45) is 29.1. The van der Waals surface area contributed by atoms with Crippen LogP contribution in [0.5, 0.6) is 0 Å². The summed E-state index contributed by atoms with van der Waals surface area (Å²) in [6, 6.07) is 4.76. The Morgan fingerprint density at radius 3 is 1.85 bits per heavy atom. The number of hydrogen-bond acceptors (Lipinski definition) is 0. The van der Waals surface area contributed by atoms with Crippen LogP contribution >= 0.6 is 0 Å².